The van der Waals surface area contributed by atoms with Gasteiger partial charge < -0.3 is 15.0 Å². The summed E-state index contributed by atoms with van der Waals surface area (Å²) in [4.78, 5) is 25.3. The van der Waals surface area contributed by atoms with Gasteiger partial charge >= 0.3 is 6.18 Å². The number of carbonyl (C=O) groups excluding carboxylic acids is 2. The first-order chi connectivity index (χ1) is 9.32. The third-order valence-corrected chi connectivity index (χ3v) is 3.64. The molecule has 1 saturated heterocycles. The van der Waals surface area contributed by atoms with Crippen molar-refractivity contribution in [3.8, 4) is 0 Å². The van der Waals surface area contributed by atoms with E-state index in [9.17, 15) is 22.8 Å². The minimum Gasteiger partial charge on any atom is -0.370 e. The molecule has 1 spiro atoms. The second-order valence-electron chi connectivity index (χ2n) is 5.23. The highest BCUT2D eigenvalue weighted by molar-refractivity contribution is 5.98. The van der Waals surface area contributed by atoms with Crippen molar-refractivity contribution in [2.24, 2.45) is 0 Å². The first kappa shape index (κ1) is 15.1. The van der Waals surface area contributed by atoms with E-state index in [1.807, 2.05) is 0 Å². The first-order valence-electron chi connectivity index (χ1n) is 6.57. The molecule has 0 unspecified atom stereocenters. The van der Waals surface area contributed by atoms with Crippen LogP contribution in [0.15, 0.2) is 0 Å². The summed E-state index contributed by atoms with van der Waals surface area (Å²) in [6.07, 6.45) is -1.46. The minimum absolute atomic E-state index is 0.00405. The Bertz CT molecular complexity index is 392. The Kier molecular flexibility index (Phi) is 4.22. The summed E-state index contributed by atoms with van der Waals surface area (Å²) < 4.78 is 40.3. The van der Waals surface area contributed by atoms with E-state index in [0.29, 0.717) is 12.8 Å². The Labute approximate surface area is 114 Å². The Morgan fingerprint density at radius 1 is 1.25 bits per heavy atom. The number of piperazine rings is 1. The van der Waals surface area contributed by atoms with Gasteiger partial charge in [0.05, 0.1) is 13.2 Å². The maximum absolute atomic E-state index is 12.3. The maximum atomic E-state index is 12.3. The van der Waals surface area contributed by atoms with Crippen molar-refractivity contribution in [2.75, 3.05) is 26.3 Å². The zero-order valence-electron chi connectivity index (χ0n) is 11.0. The molecule has 2 rings (SSSR count). The highest BCUT2D eigenvalue weighted by Gasteiger charge is 2.48. The van der Waals surface area contributed by atoms with Crippen molar-refractivity contribution in [2.45, 2.75) is 37.4 Å². The molecule has 0 aromatic heterocycles. The molecule has 0 bridgehead atoms. The number of amides is 2. The summed E-state index contributed by atoms with van der Waals surface area (Å²) in [6.45, 7) is -1.68. The second kappa shape index (κ2) is 5.59. The quantitative estimate of drug-likeness (QED) is 0.782. The molecule has 2 amide bonds. The Morgan fingerprint density at radius 3 is 2.50 bits per heavy atom. The van der Waals surface area contributed by atoms with Crippen LogP contribution in [-0.4, -0.2) is 54.7 Å². The van der Waals surface area contributed by atoms with Crippen molar-refractivity contribution in [3.05, 3.63) is 0 Å². The smallest absolute Gasteiger partial charge is 0.370 e. The van der Waals surface area contributed by atoms with E-state index in [4.69, 9.17) is 0 Å². The minimum atomic E-state index is -4.38. The number of carbonyl (C=O) groups is 2. The number of alkyl halides is 3. The van der Waals surface area contributed by atoms with Crippen molar-refractivity contribution in [3.63, 3.8) is 0 Å². The molecule has 1 saturated carbocycles. The summed E-state index contributed by atoms with van der Waals surface area (Å²) in [7, 11) is 0. The van der Waals surface area contributed by atoms with Gasteiger partial charge in [0.15, 0.2) is 0 Å². The number of ether oxygens (including phenoxy) is 1. The molecule has 2 aliphatic rings. The molecule has 1 heterocycles. The summed E-state index contributed by atoms with van der Waals surface area (Å²) in [6, 6.07) is 0. The van der Waals surface area contributed by atoms with Crippen LogP contribution in [0, 0.1) is 0 Å². The fraction of sp³-hybridized carbons (Fsp3) is 0.833. The number of hydrogen-bond donors (Lipinski definition) is 1. The fourth-order valence-electron chi connectivity index (χ4n) is 2.77. The lowest BCUT2D eigenvalue weighted by Gasteiger charge is -2.39. The summed E-state index contributed by atoms with van der Waals surface area (Å²) >= 11 is 0. The lowest BCUT2D eigenvalue weighted by molar-refractivity contribution is -0.175. The Balaban J connectivity index is 1.87. The monoisotopic (exact) mass is 294 g/mol. The topological polar surface area (TPSA) is 58.6 Å². The normalized spacial score (nSPS) is 22.4. The summed E-state index contributed by atoms with van der Waals surface area (Å²) in [5, 5.41) is 2.74. The van der Waals surface area contributed by atoms with Crippen LogP contribution in [0.5, 0.6) is 0 Å². The number of hydrogen-bond acceptors (Lipinski definition) is 3. The van der Waals surface area contributed by atoms with Gasteiger partial charge in [-0.15, -0.1) is 0 Å². The standard InChI is InChI=1S/C12H17F3N2O3/c13-12(14,15)8-20-6-5-17-7-9(18)16-11(10(17)19)3-1-2-4-11/h1-8H2,(H,16,18). The van der Waals surface area contributed by atoms with E-state index in [1.54, 1.807) is 0 Å². The average molecular weight is 294 g/mol. The van der Waals surface area contributed by atoms with Gasteiger partial charge in [0, 0.05) is 6.54 Å². The average Bonchev–Trinajstić information content (AvgIpc) is 2.79. The fourth-order valence-corrected chi connectivity index (χ4v) is 2.77. The second-order valence-corrected chi connectivity index (χ2v) is 5.23. The molecule has 0 aromatic rings. The van der Waals surface area contributed by atoms with E-state index in [1.165, 1.54) is 4.90 Å². The van der Waals surface area contributed by atoms with Crippen LogP contribution >= 0.6 is 0 Å². The Hall–Kier alpha value is -1.31. The van der Waals surface area contributed by atoms with Gasteiger partial charge in [-0.3, -0.25) is 9.59 Å². The highest BCUT2D eigenvalue weighted by atomic mass is 19.4. The van der Waals surface area contributed by atoms with Crippen LogP contribution in [0.4, 0.5) is 13.2 Å². The third-order valence-electron chi connectivity index (χ3n) is 3.64. The van der Waals surface area contributed by atoms with Crippen LogP contribution < -0.4 is 5.32 Å². The molecule has 0 aromatic carbocycles. The van der Waals surface area contributed by atoms with E-state index in [0.717, 1.165) is 12.8 Å². The maximum Gasteiger partial charge on any atom is 0.411 e. The molecular weight excluding hydrogens is 277 g/mol. The predicted molar refractivity (Wildman–Crippen MR) is 62.8 cm³/mol. The largest absolute Gasteiger partial charge is 0.411 e. The van der Waals surface area contributed by atoms with E-state index >= 15 is 0 Å². The third kappa shape index (κ3) is 3.41. The molecule has 2 fully saturated rings. The van der Waals surface area contributed by atoms with E-state index in [2.05, 4.69) is 10.1 Å². The molecule has 1 aliphatic heterocycles. The first-order valence-corrected chi connectivity index (χ1v) is 6.57. The highest BCUT2D eigenvalue weighted by Crippen LogP contribution is 2.33. The van der Waals surface area contributed by atoms with Crippen LogP contribution in [0.1, 0.15) is 25.7 Å². The Morgan fingerprint density at radius 2 is 1.90 bits per heavy atom. The molecule has 1 N–H and O–H groups in total. The number of halogens is 3. The zero-order chi connectivity index (χ0) is 14.8. The molecule has 5 nitrogen and oxygen atoms in total. The predicted octanol–water partition coefficient (Wildman–Crippen LogP) is 0.837. The zero-order valence-corrected chi connectivity index (χ0v) is 11.0. The van der Waals surface area contributed by atoms with Crippen LogP contribution in [0.2, 0.25) is 0 Å². The van der Waals surface area contributed by atoms with E-state index in [-0.39, 0.29) is 31.5 Å². The molecule has 114 valence electrons. The lowest BCUT2D eigenvalue weighted by Crippen LogP contribution is -2.65. The van der Waals surface area contributed by atoms with E-state index < -0.39 is 18.3 Å². The van der Waals surface area contributed by atoms with Gasteiger partial charge in [0.25, 0.3) is 0 Å². The van der Waals surface area contributed by atoms with Crippen molar-refractivity contribution < 1.29 is 27.5 Å². The lowest BCUT2D eigenvalue weighted by atomic mass is 9.93. The van der Waals surface area contributed by atoms with Crippen molar-refractivity contribution >= 4 is 11.8 Å². The number of nitrogens with one attached hydrogen (secondary N) is 1. The van der Waals surface area contributed by atoms with Gasteiger partial charge in [0.1, 0.15) is 12.1 Å². The van der Waals surface area contributed by atoms with Gasteiger partial charge in [-0.1, -0.05) is 12.8 Å². The summed E-state index contributed by atoms with van der Waals surface area (Å²) in [5.41, 5.74) is -0.834. The molecule has 8 heteroatoms. The van der Waals surface area contributed by atoms with Crippen molar-refractivity contribution in [1.82, 2.24) is 10.2 Å². The number of rotatable bonds is 4. The molecule has 0 radical (unpaired) electrons. The van der Waals surface area contributed by atoms with Crippen LogP contribution in [0.3, 0.4) is 0 Å². The molecular formula is C12H17F3N2O3. The van der Waals surface area contributed by atoms with Gasteiger partial charge in [-0.05, 0) is 12.8 Å². The number of nitrogens with zero attached hydrogens (tertiary/aromatic N) is 1. The van der Waals surface area contributed by atoms with Crippen LogP contribution in [0.25, 0.3) is 0 Å². The SMILES string of the molecule is O=C1CN(CCOCC(F)(F)F)C(=O)C2(CCCC2)N1. The molecule has 1 aliphatic carbocycles. The van der Waals surface area contributed by atoms with Crippen LogP contribution in [-0.2, 0) is 14.3 Å². The molecule has 20 heavy (non-hydrogen) atoms. The van der Waals surface area contributed by atoms with Gasteiger partial charge in [-0.2, -0.15) is 13.2 Å². The van der Waals surface area contributed by atoms with Gasteiger partial charge in [-0.25, -0.2) is 0 Å². The van der Waals surface area contributed by atoms with Crippen molar-refractivity contribution in [1.29, 1.82) is 0 Å². The molecule has 0 atom stereocenters. The van der Waals surface area contributed by atoms with Gasteiger partial charge in [0.2, 0.25) is 11.8 Å². The summed E-state index contributed by atoms with van der Waals surface area (Å²) in [5.74, 6) is -0.465.